The first-order chi connectivity index (χ1) is 9.94. The van der Waals surface area contributed by atoms with Crippen molar-refractivity contribution in [2.45, 2.75) is 25.8 Å². The van der Waals surface area contributed by atoms with Gasteiger partial charge in [-0.25, -0.2) is 9.18 Å². The Morgan fingerprint density at radius 3 is 2.57 bits per heavy atom. The fourth-order valence-electron chi connectivity index (χ4n) is 2.40. The number of carbonyl (C=O) groups excluding carboxylic acids is 1. The topological polar surface area (TPSA) is 69.6 Å². The van der Waals surface area contributed by atoms with Crippen molar-refractivity contribution in [3.8, 4) is 0 Å². The van der Waals surface area contributed by atoms with Gasteiger partial charge in [-0.15, -0.1) is 0 Å². The van der Waals surface area contributed by atoms with Crippen LogP contribution in [0.1, 0.15) is 24.8 Å². The van der Waals surface area contributed by atoms with Crippen LogP contribution in [0.5, 0.6) is 0 Å². The maximum atomic E-state index is 13.5. The maximum absolute atomic E-state index is 13.5. The molecule has 1 aliphatic carbocycles. The third-order valence-electron chi connectivity index (χ3n) is 4.05. The van der Waals surface area contributed by atoms with E-state index in [1.165, 1.54) is 11.0 Å². The number of nitrogens with zero attached hydrogens (tertiary/aromatic N) is 1. The van der Waals surface area contributed by atoms with Gasteiger partial charge in [0.1, 0.15) is 5.82 Å². The molecule has 21 heavy (non-hydrogen) atoms. The molecule has 0 saturated heterocycles. The molecule has 1 fully saturated rings. The minimum Gasteiger partial charge on any atom is -0.481 e. The predicted molar refractivity (Wildman–Crippen MR) is 75.2 cm³/mol. The lowest BCUT2D eigenvalue weighted by Gasteiger charge is -2.37. The Hall–Kier alpha value is -2.11. The summed E-state index contributed by atoms with van der Waals surface area (Å²) in [6.07, 6.45) is 2.03. The second-order valence-corrected chi connectivity index (χ2v) is 5.55. The van der Waals surface area contributed by atoms with Gasteiger partial charge in [-0.1, -0.05) is 24.6 Å². The van der Waals surface area contributed by atoms with Crippen molar-refractivity contribution < 1.29 is 19.1 Å². The van der Waals surface area contributed by atoms with Crippen molar-refractivity contribution in [2.75, 3.05) is 13.6 Å². The highest BCUT2D eigenvalue weighted by atomic mass is 19.1. The molecule has 2 N–H and O–H groups in total. The minimum absolute atomic E-state index is 0.114. The molecule has 0 unspecified atom stereocenters. The fourth-order valence-corrected chi connectivity index (χ4v) is 2.40. The van der Waals surface area contributed by atoms with Crippen molar-refractivity contribution in [1.29, 1.82) is 0 Å². The number of halogens is 1. The lowest BCUT2D eigenvalue weighted by atomic mass is 9.69. The van der Waals surface area contributed by atoms with E-state index >= 15 is 0 Å². The van der Waals surface area contributed by atoms with E-state index in [1.54, 1.807) is 25.2 Å². The molecular formula is C15H19FN2O3. The summed E-state index contributed by atoms with van der Waals surface area (Å²) in [6.45, 7) is 0.251. The first kappa shape index (κ1) is 15.3. The summed E-state index contributed by atoms with van der Waals surface area (Å²) in [5, 5.41) is 11.8. The molecule has 0 atom stereocenters. The van der Waals surface area contributed by atoms with Gasteiger partial charge in [0, 0.05) is 25.7 Å². The largest absolute Gasteiger partial charge is 0.481 e. The number of hydrogen-bond acceptors (Lipinski definition) is 2. The molecule has 1 aliphatic rings. The molecule has 1 aromatic carbocycles. The average molecular weight is 294 g/mol. The predicted octanol–water partition coefficient (Wildman–Crippen LogP) is 2.22. The molecule has 6 heteroatoms. The quantitative estimate of drug-likeness (QED) is 0.875. The van der Waals surface area contributed by atoms with Crippen molar-refractivity contribution in [1.82, 2.24) is 10.2 Å². The summed E-state index contributed by atoms with van der Waals surface area (Å²) in [5.41, 5.74) is -0.402. The summed E-state index contributed by atoms with van der Waals surface area (Å²) in [4.78, 5) is 24.5. The van der Waals surface area contributed by atoms with Gasteiger partial charge in [-0.2, -0.15) is 0 Å². The molecule has 0 spiro atoms. The van der Waals surface area contributed by atoms with Gasteiger partial charge < -0.3 is 15.3 Å². The average Bonchev–Trinajstić information content (AvgIpc) is 2.39. The van der Waals surface area contributed by atoms with Crippen LogP contribution in [0, 0.1) is 11.2 Å². The van der Waals surface area contributed by atoms with Crippen LogP contribution in [0.4, 0.5) is 9.18 Å². The first-order valence-corrected chi connectivity index (χ1v) is 6.90. The van der Waals surface area contributed by atoms with Crippen LogP contribution in [0.3, 0.4) is 0 Å². The number of aliphatic carboxylic acids is 1. The summed E-state index contributed by atoms with van der Waals surface area (Å²) >= 11 is 0. The second kappa shape index (κ2) is 6.11. The fraction of sp³-hybridized carbons (Fsp3) is 0.467. The van der Waals surface area contributed by atoms with E-state index in [0.717, 1.165) is 6.42 Å². The molecule has 2 rings (SSSR count). The van der Waals surface area contributed by atoms with Gasteiger partial charge in [0.25, 0.3) is 0 Å². The third-order valence-corrected chi connectivity index (χ3v) is 4.05. The van der Waals surface area contributed by atoms with Crippen LogP contribution in [0.15, 0.2) is 24.3 Å². The van der Waals surface area contributed by atoms with E-state index in [2.05, 4.69) is 5.32 Å². The normalized spacial score (nSPS) is 15.9. The van der Waals surface area contributed by atoms with Gasteiger partial charge in [0.2, 0.25) is 0 Å². The summed E-state index contributed by atoms with van der Waals surface area (Å²) in [7, 11) is 1.55. The lowest BCUT2D eigenvalue weighted by molar-refractivity contribution is -0.153. The summed E-state index contributed by atoms with van der Waals surface area (Å²) < 4.78 is 13.5. The van der Waals surface area contributed by atoms with Crippen molar-refractivity contribution in [3.63, 3.8) is 0 Å². The zero-order valence-electron chi connectivity index (χ0n) is 11.9. The minimum atomic E-state index is -0.870. The molecule has 0 aromatic heterocycles. The molecule has 1 aromatic rings. The van der Waals surface area contributed by atoms with E-state index in [9.17, 15) is 19.1 Å². The lowest BCUT2D eigenvalue weighted by Crippen LogP contribution is -2.49. The summed E-state index contributed by atoms with van der Waals surface area (Å²) in [6, 6.07) is 5.86. The Balaban J connectivity index is 1.88. The van der Waals surface area contributed by atoms with Crippen molar-refractivity contribution in [2.24, 2.45) is 5.41 Å². The number of benzene rings is 1. The number of urea groups is 1. The van der Waals surface area contributed by atoms with E-state index in [4.69, 9.17) is 0 Å². The molecule has 0 bridgehead atoms. The maximum Gasteiger partial charge on any atom is 0.317 e. The Kier molecular flexibility index (Phi) is 4.45. The van der Waals surface area contributed by atoms with Gasteiger partial charge in [0.05, 0.1) is 5.41 Å². The van der Waals surface area contributed by atoms with E-state index in [-0.39, 0.29) is 18.9 Å². The van der Waals surface area contributed by atoms with Gasteiger partial charge >= 0.3 is 12.0 Å². The Labute approximate surface area is 122 Å². The highest BCUT2D eigenvalue weighted by molar-refractivity contribution is 5.78. The third kappa shape index (κ3) is 3.32. The van der Waals surface area contributed by atoms with Crippen LogP contribution in [-0.2, 0) is 11.3 Å². The molecule has 1 saturated carbocycles. The van der Waals surface area contributed by atoms with Crippen LogP contribution in [0.25, 0.3) is 0 Å². The Morgan fingerprint density at radius 1 is 1.38 bits per heavy atom. The van der Waals surface area contributed by atoms with Gasteiger partial charge in [0.15, 0.2) is 0 Å². The Bertz CT molecular complexity index is 543. The number of carboxylic acids is 1. The number of amides is 2. The standard InChI is InChI=1S/C15H19FN2O3/c1-18(9-11-5-2-3-6-12(11)16)14(21)17-10-15(13(19)20)7-4-8-15/h2-3,5-6H,4,7-10H2,1H3,(H,17,21)(H,19,20). The Morgan fingerprint density at radius 2 is 2.05 bits per heavy atom. The molecule has 0 radical (unpaired) electrons. The summed E-state index contributed by atoms with van der Waals surface area (Å²) in [5.74, 6) is -1.23. The van der Waals surface area contributed by atoms with Crippen LogP contribution in [-0.4, -0.2) is 35.6 Å². The first-order valence-electron chi connectivity index (χ1n) is 6.90. The van der Waals surface area contributed by atoms with Crippen LogP contribution >= 0.6 is 0 Å². The zero-order valence-corrected chi connectivity index (χ0v) is 11.9. The molecule has 0 aliphatic heterocycles. The molecular weight excluding hydrogens is 275 g/mol. The molecule has 0 heterocycles. The second-order valence-electron chi connectivity index (χ2n) is 5.55. The van der Waals surface area contributed by atoms with Crippen LogP contribution in [0.2, 0.25) is 0 Å². The van der Waals surface area contributed by atoms with Crippen molar-refractivity contribution >= 4 is 12.0 Å². The number of rotatable bonds is 5. The highest BCUT2D eigenvalue weighted by Crippen LogP contribution is 2.40. The number of carbonyl (C=O) groups is 2. The van der Waals surface area contributed by atoms with E-state index in [1.807, 2.05) is 0 Å². The zero-order chi connectivity index (χ0) is 15.5. The van der Waals surface area contributed by atoms with Crippen molar-refractivity contribution in [3.05, 3.63) is 35.6 Å². The van der Waals surface area contributed by atoms with E-state index < -0.39 is 17.4 Å². The smallest absolute Gasteiger partial charge is 0.317 e. The van der Waals surface area contributed by atoms with Gasteiger partial charge in [-0.3, -0.25) is 4.79 Å². The number of nitrogens with one attached hydrogen (secondary N) is 1. The monoisotopic (exact) mass is 294 g/mol. The molecule has 2 amide bonds. The molecule has 5 nitrogen and oxygen atoms in total. The number of hydrogen-bond donors (Lipinski definition) is 2. The van der Waals surface area contributed by atoms with Crippen LogP contribution < -0.4 is 5.32 Å². The number of carboxylic acid groups (broad SMARTS) is 1. The SMILES string of the molecule is CN(Cc1ccccc1F)C(=O)NCC1(C(=O)O)CCC1. The molecule has 114 valence electrons. The highest BCUT2D eigenvalue weighted by Gasteiger charge is 2.44. The van der Waals surface area contributed by atoms with Gasteiger partial charge in [-0.05, 0) is 18.9 Å². The van der Waals surface area contributed by atoms with E-state index in [0.29, 0.717) is 18.4 Å².